The maximum Gasteiger partial charge on any atom is 0.0591 e. The minimum absolute atomic E-state index is 0.336. The molecule has 0 aliphatic rings. The van der Waals surface area contributed by atoms with Gasteiger partial charge in [-0.05, 0) is 35.7 Å². The standard InChI is InChI=1S/C18H23NO/c1-3-4-12-20-13-11-19-15(2)17-10-9-16-7-5-6-8-18(16)14-17/h3,5-10,14-15,19H,1,4,11-13H2,2H3. The van der Waals surface area contributed by atoms with E-state index >= 15 is 0 Å². The molecule has 2 rings (SSSR count). The van der Waals surface area contributed by atoms with Crippen molar-refractivity contribution in [2.24, 2.45) is 0 Å². The third-order valence-corrected chi connectivity index (χ3v) is 3.44. The maximum absolute atomic E-state index is 5.50. The number of rotatable bonds is 8. The van der Waals surface area contributed by atoms with E-state index in [0.29, 0.717) is 6.04 Å². The predicted octanol–water partition coefficient (Wildman–Crippen LogP) is 4.08. The SMILES string of the molecule is C=CCCOCCNC(C)c1ccc2ccccc2c1. The van der Waals surface area contributed by atoms with Crippen LogP contribution in [-0.2, 0) is 4.74 Å². The van der Waals surface area contributed by atoms with Crippen LogP contribution in [0.15, 0.2) is 55.1 Å². The topological polar surface area (TPSA) is 21.3 Å². The Hall–Kier alpha value is -1.64. The molecule has 0 spiro atoms. The van der Waals surface area contributed by atoms with Gasteiger partial charge >= 0.3 is 0 Å². The Balaban J connectivity index is 1.84. The summed E-state index contributed by atoms with van der Waals surface area (Å²) in [5, 5.41) is 6.07. The van der Waals surface area contributed by atoms with Gasteiger partial charge in [-0.25, -0.2) is 0 Å². The van der Waals surface area contributed by atoms with E-state index in [2.05, 4.69) is 61.3 Å². The summed E-state index contributed by atoms with van der Waals surface area (Å²) in [6.07, 6.45) is 2.80. The van der Waals surface area contributed by atoms with Crippen molar-refractivity contribution in [3.8, 4) is 0 Å². The van der Waals surface area contributed by atoms with Crippen LogP contribution < -0.4 is 5.32 Å². The lowest BCUT2D eigenvalue weighted by Crippen LogP contribution is -2.23. The monoisotopic (exact) mass is 269 g/mol. The summed E-state index contributed by atoms with van der Waals surface area (Å²) < 4.78 is 5.50. The summed E-state index contributed by atoms with van der Waals surface area (Å²) in [5.41, 5.74) is 1.31. The van der Waals surface area contributed by atoms with E-state index in [4.69, 9.17) is 4.74 Å². The lowest BCUT2D eigenvalue weighted by atomic mass is 10.0. The van der Waals surface area contributed by atoms with Crippen LogP contribution in [0.2, 0.25) is 0 Å². The van der Waals surface area contributed by atoms with Crippen molar-refractivity contribution >= 4 is 10.8 Å². The lowest BCUT2D eigenvalue weighted by molar-refractivity contribution is 0.138. The quantitative estimate of drug-likeness (QED) is 0.576. The van der Waals surface area contributed by atoms with Gasteiger partial charge in [-0.1, -0.05) is 42.5 Å². The number of fused-ring (bicyclic) bond motifs is 1. The zero-order valence-corrected chi connectivity index (χ0v) is 12.1. The number of hydrogen-bond acceptors (Lipinski definition) is 2. The first kappa shape index (κ1) is 14.8. The fourth-order valence-corrected chi connectivity index (χ4v) is 2.21. The zero-order valence-electron chi connectivity index (χ0n) is 12.1. The molecule has 2 aromatic rings. The van der Waals surface area contributed by atoms with Crippen LogP contribution in [0.1, 0.15) is 24.9 Å². The Morgan fingerprint density at radius 2 is 1.95 bits per heavy atom. The fourth-order valence-electron chi connectivity index (χ4n) is 2.21. The highest BCUT2D eigenvalue weighted by atomic mass is 16.5. The first-order valence-corrected chi connectivity index (χ1v) is 7.22. The van der Waals surface area contributed by atoms with Gasteiger partial charge in [0, 0.05) is 12.6 Å². The molecule has 2 aromatic carbocycles. The molecule has 0 amide bonds. The highest BCUT2D eigenvalue weighted by Gasteiger charge is 2.05. The molecule has 0 aromatic heterocycles. The van der Waals surface area contributed by atoms with E-state index in [9.17, 15) is 0 Å². The minimum atomic E-state index is 0.336. The van der Waals surface area contributed by atoms with Gasteiger partial charge in [0.25, 0.3) is 0 Å². The number of benzene rings is 2. The van der Waals surface area contributed by atoms with Crippen LogP contribution in [0.4, 0.5) is 0 Å². The Labute approximate surface area is 121 Å². The van der Waals surface area contributed by atoms with Gasteiger partial charge in [0.05, 0.1) is 13.2 Å². The van der Waals surface area contributed by atoms with Crippen molar-refractivity contribution in [3.63, 3.8) is 0 Å². The molecule has 0 aliphatic heterocycles. The van der Waals surface area contributed by atoms with E-state index in [1.165, 1.54) is 16.3 Å². The second-order valence-corrected chi connectivity index (χ2v) is 4.97. The third-order valence-electron chi connectivity index (χ3n) is 3.44. The molecule has 1 unspecified atom stereocenters. The first-order valence-electron chi connectivity index (χ1n) is 7.22. The number of nitrogens with one attached hydrogen (secondary N) is 1. The summed E-state index contributed by atoms with van der Waals surface area (Å²) in [6, 6.07) is 15.4. The Bertz CT molecular complexity index is 550. The van der Waals surface area contributed by atoms with E-state index < -0.39 is 0 Å². The summed E-state index contributed by atoms with van der Waals surface area (Å²) >= 11 is 0. The van der Waals surface area contributed by atoms with Crippen LogP contribution in [0.3, 0.4) is 0 Å². The Morgan fingerprint density at radius 3 is 2.75 bits per heavy atom. The second kappa shape index (κ2) is 7.83. The van der Waals surface area contributed by atoms with E-state index in [0.717, 1.165) is 26.2 Å². The van der Waals surface area contributed by atoms with Gasteiger partial charge in [-0.3, -0.25) is 0 Å². The van der Waals surface area contributed by atoms with Gasteiger partial charge in [0.2, 0.25) is 0 Å². The van der Waals surface area contributed by atoms with Crippen molar-refractivity contribution in [2.45, 2.75) is 19.4 Å². The molecule has 2 heteroatoms. The van der Waals surface area contributed by atoms with Gasteiger partial charge in [-0.15, -0.1) is 6.58 Å². The summed E-state index contributed by atoms with van der Waals surface area (Å²) in [5.74, 6) is 0. The maximum atomic E-state index is 5.50. The second-order valence-electron chi connectivity index (χ2n) is 4.97. The van der Waals surface area contributed by atoms with Crippen molar-refractivity contribution in [1.82, 2.24) is 5.32 Å². The lowest BCUT2D eigenvalue weighted by Gasteiger charge is -2.15. The highest BCUT2D eigenvalue weighted by Crippen LogP contribution is 2.19. The van der Waals surface area contributed by atoms with Crippen LogP contribution in [0.5, 0.6) is 0 Å². The van der Waals surface area contributed by atoms with Crippen molar-refractivity contribution in [1.29, 1.82) is 0 Å². The van der Waals surface area contributed by atoms with E-state index in [1.807, 2.05) is 6.08 Å². The van der Waals surface area contributed by atoms with Gasteiger partial charge < -0.3 is 10.1 Å². The summed E-state index contributed by atoms with van der Waals surface area (Å²) in [6.45, 7) is 8.23. The van der Waals surface area contributed by atoms with Crippen LogP contribution in [0.25, 0.3) is 10.8 Å². The average molecular weight is 269 g/mol. The van der Waals surface area contributed by atoms with Crippen LogP contribution in [-0.4, -0.2) is 19.8 Å². The molecule has 2 nitrogen and oxygen atoms in total. The molecular formula is C18H23NO. The fraction of sp³-hybridized carbons (Fsp3) is 0.333. The molecule has 0 fully saturated rings. The molecule has 0 saturated heterocycles. The van der Waals surface area contributed by atoms with Gasteiger partial charge in [-0.2, -0.15) is 0 Å². The molecule has 0 radical (unpaired) electrons. The first-order chi connectivity index (χ1) is 9.81. The van der Waals surface area contributed by atoms with Crippen LogP contribution >= 0.6 is 0 Å². The van der Waals surface area contributed by atoms with E-state index in [-0.39, 0.29) is 0 Å². The normalized spacial score (nSPS) is 12.4. The number of ether oxygens (including phenoxy) is 1. The van der Waals surface area contributed by atoms with Crippen molar-refractivity contribution in [2.75, 3.05) is 19.8 Å². The molecule has 20 heavy (non-hydrogen) atoms. The Morgan fingerprint density at radius 1 is 1.15 bits per heavy atom. The van der Waals surface area contributed by atoms with Crippen molar-refractivity contribution < 1.29 is 4.74 Å². The molecule has 1 atom stereocenters. The van der Waals surface area contributed by atoms with Gasteiger partial charge in [0.1, 0.15) is 0 Å². The minimum Gasteiger partial charge on any atom is -0.380 e. The molecule has 1 N–H and O–H groups in total. The smallest absolute Gasteiger partial charge is 0.0591 e. The predicted molar refractivity (Wildman–Crippen MR) is 86.0 cm³/mol. The molecular weight excluding hydrogens is 246 g/mol. The van der Waals surface area contributed by atoms with Crippen LogP contribution in [0, 0.1) is 0 Å². The Kier molecular flexibility index (Phi) is 5.78. The van der Waals surface area contributed by atoms with Crippen molar-refractivity contribution in [3.05, 3.63) is 60.7 Å². The molecule has 0 saturated carbocycles. The molecule has 0 aliphatic carbocycles. The third kappa shape index (κ3) is 4.19. The summed E-state index contributed by atoms with van der Waals surface area (Å²) in [7, 11) is 0. The molecule has 0 bridgehead atoms. The zero-order chi connectivity index (χ0) is 14.2. The van der Waals surface area contributed by atoms with Gasteiger partial charge in [0.15, 0.2) is 0 Å². The number of hydrogen-bond donors (Lipinski definition) is 1. The van der Waals surface area contributed by atoms with E-state index in [1.54, 1.807) is 0 Å². The highest BCUT2D eigenvalue weighted by molar-refractivity contribution is 5.83. The summed E-state index contributed by atoms with van der Waals surface area (Å²) in [4.78, 5) is 0. The average Bonchev–Trinajstić information content (AvgIpc) is 2.50. The molecule has 0 heterocycles. The largest absolute Gasteiger partial charge is 0.380 e. The molecule has 106 valence electrons.